The molecule has 0 amide bonds. The maximum atomic E-state index is 11.7. The highest BCUT2D eigenvalue weighted by Crippen LogP contribution is 2.27. The molecule has 90 valence electrons. The van der Waals surface area contributed by atoms with Crippen molar-refractivity contribution < 1.29 is 14.3 Å². The molecular formula is C14H16O3. The van der Waals surface area contributed by atoms with Crippen LogP contribution in [0.2, 0.25) is 0 Å². The average molecular weight is 232 g/mol. The number of hydrogen-bond acceptors (Lipinski definition) is 3. The lowest BCUT2D eigenvalue weighted by molar-refractivity contribution is -0.148. The van der Waals surface area contributed by atoms with Crippen LogP contribution in [0.3, 0.4) is 0 Å². The van der Waals surface area contributed by atoms with Gasteiger partial charge in [0.05, 0.1) is 12.5 Å². The Bertz CT molecular complexity index is 437. The van der Waals surface area contributed by atoms with Gasteiger partial charge in [-0.05, 0) is 43.4 Å². The number of hydrogen-bond donors (Lipinski definition) is 0. The van der Waals surface area contributed by atoms with Crippen LogP contribution in [0.1, 0.15) is 34.8 Å². The van der Waals surface area contributed by atoms with E-state index >= 15 is 0 Å². The van der Waals surface area contributed by atoms with E-state index in [1.807, 2.05) is 19.1 Å². The number of carbonyl (C=O) groups excluding carboxylic acids is 2. The van der Waals surface area contributed by atoms with Gasteiger partial charge in [0.15, 0.2) is 0 Å². The number of fused-ring (bicyclic) bond motifs is 1. The van der Waals surface area contributed by atoms with Gasteiger partial charge in [0.2, 0.25) is 0 Å². The summed E-state index contributed by atoms with van der Waals surface area (Å²) in [5.74, 6) is -0.123. The van der Waals surface area contributed by atoms with Crippen LogP contribution in [0.5, 0.6) is 0 Å². The minimum absolute atomic E-state index is 0.0236. The third kappa shape index (κ3) is 2.54. The average Bonchev–Trinajstić information content (AvgIpc) is 2.37. The summed E-state index contributed by atoms with van der Waals surface area (Å²) in [4.78, 5) is 22.3. The van der Waals surface area contributed by atoms with Crippen molar-refractivity contribution in [1.29, 1.82) is 0 Å². The second-order valence-electron chi connectivity index (χ2n) is 4.34. The molecule has 0 radical (unpaired) electrons. The summed E-state index contributed by atoms with van der Waals surface area (Å²) in [5.41, 5.74) is 3.06. The minimum atomic E-state index is -0.0994. The summed E-state index contributed by atoms with van der Waals surface area (Å²) in [6.45, 7) is 2.26. The molecule has 1 atom stereocenters. The molecule has 1 aliphatic rings. The van der Waals surface area contributed by atoms with Crippen molar-refractivity contribution in [3.8, 4) is 0 Å². The summed E-state index contributed by atoms with van der Waals surface area (Å²) in [5, 5.41) is 0. The number of rotatable bonds is 3. The number of ether oxygens (including phenoxy) is 1. The van der Waals surface area contributed by atoms with E-state index in [0.29, 0.717) is 12.2 Å². The summed E-state index contributed by atoms with van der Waals surface area (Å²) < 4.78 is 5.05. The molecule has 2 rings (SSSR count). The predicted octanol–water partition coefficient (Wildman–Crippen LogP) is 2.17. The Morgan fingerprint density at radius 2 is 2.29 bits per heavy atom. The van der Waals surface area contributed by atoms with E-state index in [9.17, 15) is 9.59 Å². The predicted molar refractivity (Wildman–Crippen MR) is 64.0 cm³/mol. The van der Waals surface area contributed by atoms with E-state index < -0.39 is 0 Å². The largest absolute Gasteiger partial charge is 0.466 e. The molecule has 0 saturated carbocycles. The molecule has 3 nitrogen and oxygen atoms in total. The van der Waals surface area contributed by atoms with Gasteiger partial charge in [0.25, 0.3) is 0 Å². The Hall–Kier alpha value is -1.64. The molecule has 0 spiro atoms. The molecule has 17 heavy (non-hydrogen) atoms. The van der Waals surface area contributed by atoms with Crippen molar-refractivity contribution in [3.63, 3.8) is 0 Å². The summed E-state index contributed by atoms with van der Waals surface area (Å²) in [6.07, 6.45) is 3.25. The zero-order valence-corrected chi connectivity index (χ0v) is 9.94. The molecule has 1 aromatic carbocycles. The van der Waals surface area contributed by atoms with Crippen LogP contribution in [0.15, 0.2) is 18.2 Å². The van der Waals surface area contributed by atoms with Crippen LogP contribution in [-0.2, 0) is 22.4 Å². The first-order valence-electron chi connectivity index (χ1n) is 5.98. The van der Waals surface area contributed by atoms with Crippen molar-refractivity contribution >= 4 is 12.3 Å². The van der Waals surface area contributed by atoms with Gasteiger partial charge in [0, 0.05) is 5.56 Å². The molecule has 1 aliphatic carbocycles. The summed E-state index contributed by atoms with van der Waals surface area (Å²) >= 11 is 0. The van der Waals surface area contributed by atoms with Gasteiger partial charge in [-0.3, -0.25) is 9.59 Å². The van der Waals surface area contributed by atoms with E-state index in [1.54, 1.807) is 6.07 Å². The molecule has 0 N–H and O–H groups in total. The molecular weight excluding hydrogens is 216 g/mol. The van der Waals surface area contributed by atoms with E-state index in [0.717, 1.165) is 25.5 Å². The fourth-order valence-electron chi connectivity index (χ4n) is 2.31. The molecule has 3 heteroatoms. The Balaban J connectivity index is 2.14. The lowest BCUT2D eigenvalue weighted by Gasteiger charge is -2.23. The highest BCUT2D eigenvalue weighted by Gasteiger charge is 2.25. The van der Waals surface area contributed by atoms with E-state index in [-0.39, 0.29) is 11.9 Å². The zero-order chi connectivity index (χ0) is 12.3. The third-order valence-corrected chi connectivity index (χ3v) is 3.21. The lowest BCUT2D eigenvalue weighted by Crippen LogP contribution is -2.24. The summed E-state index contributed by atoms with van der Waals surface area (Å²) in [7, 11) is 0. The van der Waals surface area contributed by atoms with Crippen molar-refractivity contribution in [2.45, 2.75) is 26.2 Å². The van der Waals surface area contributed by atoms with Gasteiger partial charge in [-0.25, -0.2) is 0 Å². The first kappa shape index (κ1) is 11.8. The maximum Gasteiger partial charge on any atom is 0.309 e. The first-order chi connectivity index (χ1) is 8.24. The van der Waals surface area contributed by atoms with Crippen molar-refractivity contribution in [3.05, 3.63) is 34.9 Å². The fraction of sp³-hybridized carbons (Fsp3) is 0.429. The Labute approximate surface area is 101 Å². The second-order valence-corrected chi connectivity index (χ2v) is 4.34. The Morgan fingerprint density at radius 3 is 3.00 bits per heavy atom. The van der Waals surface area contributed by atoms with Crippen molar-refractivity contribution in [2.24, 2.45) is 5.92 Å². The molecule has 0 fully saturated rings. The van der Waals surface area contributed by atoms with Crippen molar-refractivity contribution in [2.75, 3.05) is 6.61 Å². The standard InChI is InChI=1S/C14H16O3/c1-2-17-14(16)13-6-5-11-7-10(9-15)3-4-12(11)8-13/h3-4,7,9,13H,2,5-6,8H2,1H3. The number of aryl methyl sites for hydroxylation is 1. The van der Waals surface area contributed by atoms with Gasteiger partial charge in [-0.1, -0.05) is 12.1 Å². The normalized spacial score (nSPS) is 18.3. The van der Waals surface area contributed by atoms with E-state index in [4.69, 9.17) is 4.74 Å². The molecule has 1 unspecified atom stereocenters. The van der Waals surface area contributed by atoms with Crippen LogP contribution in [0.25, 0.3) is 0 Å². The Kier molecular flexibility index (Phi) is 3.57. The number of carbonyl (C=O) groups is 2. The fourth-order valence-corrected chi connectivity index (χ4v) is 2.31. The number of esters is 1. The van der Waals surface area contributed by atoms with Crippen LogP contribution in [0, 0.1) is 5.92 Å². The van der Waals surface area contributed by atoms with Crippen LogP contribution < -0.4 is 0 Å². The molecule has 0 heterocycles. The monoisotopic (exact) mass is 232 g/mol. The minimum Gasteiger partial charge on any atom is -0.466 e. The SMILES string of the molecule is CCOC(=O)C1CCc2cc(C=O)ccc2C1. The molecule has 0 bridgehead atoms. The number of benzene rings is 1. The van der Waals surface area contributed by atoms with Gasteiger partial charge in [-0.2, -0.15) is 0 Å². The van der Waals surface area contributed by atoms with Crippen molar-refractivity contribution in [1.82, 2.24) is 0 Å². The highest BCUT2D eigenvalue weighted by molar-refractivity contribution is 5.76. The van der Waals surface area contributed by atoms with Crippen LogP contribution in [0.4, 0.5) is 0 Å². The quantitative estimate of drug-likeness (QED) is 0.592. The smallest absolute Gasteiger partial charge is 0.309 e. The topological polar surface area (TPSA) is 43.4 Å². The van der Waals surface area contributed by atoms with Crippen LogP contribution >= 0.6 is 0 Å². The van der Waals surface area contributed by atoms with Gasteiger partial charge < -0.3 is 4.74 Å². The lowest BCUT2D eigenvalue weighted by atomic mass is 9.83. The maximum absolute atomic E-state index is 11.7. The van der Waals surface area contributed by atoms with E-state index in [2.05, 4.69) is 0 Å². The second kappa shape index (κ2) is 5.13. The first-order valence-corrected chi connectivity index (χ1v) is 5.98. The molecule has 0 aliphatic heterocycles. The van der Waals surface area contributed by atoms with Gasteiger partial charge in [0.1, 0.15) is 6.29 Å². The number of aldehydes is 1. The van der Waals surface area contributed by atoms with Gasteiger partial charge >= 0.3 is 5.97 Å². The zero-order valence-electron chi connectivity index (χ0n) is 9.94. The third-order valence-electron chi connectivity index (χ3n) is 3.21. The van der Waals surface area contributed by atoms with E-state index in [1.165, 1.54) is 11.1 Å². The van der Waals surface area contributed by atoms with Gasteiger partial charge in [-0.15, -0.1) is 0 Å². The molecule has 0 aromatic heterocycles. The molecule has 0 saturated heterocycles. The highest BCUT2D eigenvalue weighted by atomic mass is 16.5. The van der Waals surface area contributed by atoms with Crippen LogP contribution in [-0.4, -0.2) is 18.9 Å². The Morgan fingerprint density at radius 1 is 1.47 bits per heavy atom. The molecule has 1 aromatic rings. The summed E-state index contributed by atoms with van der Waals surface area (Å²) in [6, 6.07) is 5.67.